The largest absolute Gasteiger partial charge is 0.343 e. The standard InChI is InChI=1S/C13H18N2O/c1-10-6-4-5-7-11(10)13(2)12(16)15(3)9-8-14-13/h4-7,14H,8-9H2,1-3H3. The number of carbonyl (C=O) groups is 1. The maximum atomic E-state index is 12.3. The number of piperazine rings is 1. The third kappa shape index (κ3) is 1.61. The first-order chi connectivity index (χ1) is 7.55. The Morgan fingerprint density at radius 2 is 2.06 bits per heavy atom. The summed E-state index contributed by atoms with van der Waals surface area (Å²) in [5.74, 6) is 0.146. The topological polar surface area (TPSA) is 32.3 Å². The quantitative estimate of drug-likeness (QED) is 0.770. The van der Waals surface area contributed by atoms with Crippen molar-refractivity contribution in [2.45, 2.75) is 19.4 Å². The molecule has 0 aliphatic carbocycles. The Balaban J connectivity index is 2.45. The lowest BCUT2D eigenvalue weighted by atomic mass is 9.86. The van der Waals surface area contributed by atoms with Crippen LogP contribution in [0.15, 0.2) is 24.3 Å². The molecule has 1 atom stereocenters. The molecule has 1 amide bonds. The van der Waals surface area contributed by atoms with Gasteiger partial charge in [0.15, 0.2) is 0 Å². The number of nitrogens with one attached hydrogen (secondary N) is 1. The Labute approximate surface area is 96.5 Å². The van der Waals surface area contributed by atoms with E-state index in [1.807, 2.05) is 45.2 Å². The molecule has 1 heterocycles. The van der Waals surface area contributed by atoms with E-state index in [-0.39, 0.29) is 5.91 Å². The minimum absolute atomic E-state index is 0.146. The normalized spacial score (nSPS) is 25.9. The Morgan fingerprint density at radius 1 is 1.38 bits per heavy atom. The summed E-state index contributed by atoms with van der Waals surface area (Å²) in [5.41, 5.74) is 1.66. The van der Waals surface area contributed by atoms with Crippen molar-refractivity contribution < 1.29 is 4.79 Å². The Kier molecular flexibility index (Phi) is 2.72. The third-order valence-corrected chi connectivity index (χ3v) is 3.38. The van der Waals surface area contributed by atoms with E-state index in [9.17, 15) is 4.79 Å². The first-order valence-corrected chi connectivity index (χ1v) is 5.62. The summed E-state index contributed by atoms with van der Waals surface area (Å²) in [6.45, 7) is 5.63. The van der Waals surface area contributed by atoms with Crippen LogP contribution in [0.3, 0.4) is 0 Å². The first kappa shape index (κ1) is 11.1. The molecule has 1 aromatic rings. The third-order valence-electron chi connectivity index (χ3n) is 3.38. The molecule has 3 nitrogen and oxygen atoms in total. The molecule has 0 spiro atoms. The Morgan fingerprint density at radius 3 is 2.75 bits per heavy atom. The van der Waals surface area contributed by atoms with Gasteiger partial charge in [-0.1, -0.05) is 24.3 Å². The van der Waals surface area contributed by atoms with Gasteiger partial charge < -0.3 is 4.90 Å². The maximum Gasteiger partial charge on any atom is 0.246 e. The van der Waals surface area contributed by atoms with Crippen LogP contribution in [-0.2, 0) is 10.3 Å². The van der Waals surface area contributed by atoms with Crippen LogP contribution in [-0.4, -0.2) is 30.9 Å². The molecular weight excluding hydrogens is 200 g/mol. The summed E-state index contributed by atoms with van der Waals surface area (Å²) in [5, 5.41) is 3.34. The fraction of sp³-hybridized carbons (Fsp3) is 0.462. The van der Waals surface area contributed by atoms with Gasteiger partial charge in [0.1, 0.15) is 5.54 Å². The molecule has 0 radical (unpaired) electrons. The number of carbonyl (C=O) groups excluding carboxylic acids is 1. The summed E-state index contributed by atoms with van der Waals surface area (Å²) in [4.78, 5) is 14.1. The van der Waals surface area contributed by atoms with Gasteiger partial charge in [-0.2, -0.15) is 0 Å². The van der Waals surface area contributed by atoms with Crippen molar-refractivity contribution >= 4 is 5.91 Å². The number of hydrogen-bond acceptors (Lipinski definition) is 2. The number of aryl methyl sites for hydroxylation is 1. The molecule has 1 fully saturated rings. The molecule has 1 N–H and O–H groups in total. The summed E-state index contributed by atoms with van der Waals surface area (Å²) in [7, 11) is 1.86. The van der Waals surface area contributed by atoms with Crippen LogP contribution in [0, 0.1) is 6.92 Å². The molecule has 1 aliphatic rings. The van der Waals surface area contributed by atoms with Gasteiger partial charge in [0.05, 0.1) is 0 Å². The van der Waals surface area contributed by atoms with Crippen molar-refractivity contribution in [3.63, 3.8) is 0 Å². The molecular formula is C13H18N2O. The summed E-state index contributed by atoms with van der Waals surface area (Å²) < 4.78 is 0. The van der Waals surface area contributed by atoms with Crippen LogP contribution in [0.5, 0.6) is 0 Å². The monoisotopic (exact) mass is 218 g/mol. The van der Waals surface area contributed by atoms with Gasteiger partial charge in [0, 0.05) is 20.1 Å². The fourth-order valence-electron chi connectivity index (χ4n) is 2.38. The van der Waals surface area contributed by atoms with Crippen LogP contribution in [0.4, 0.5) is 0 Å². The lowest BCUT2D eigenvalue weighted by Crippen LogP contribution is -2.59. The second-order valence-electron chi connectivity index (χ2n) is 4.59. The van der Waals surface area contributed by atoms with E-state index in [1.54, 1.807) is 4.90 Å². The molecule has 3 heteroatoms. The van der Waals surface area contributed by atoms with Crippen molar-refractivity contribution in [2.24, 2.45) is 0 Å². The second-order valence-corrected chi connectivity index (χ2v) is 4.59. The van der Waals surface area contributed by atoms with E-state index < -0.39 is 5.54 Å². The van der Waals surface area contributed by atoms with Crippen molar-refractivity contribution in [3.8, 4) is 0 Å². The van der Waals surface area contributed by atoms with Crippen molar-refractivity contribution in [1.29, 1.82) is 0 Å². The SMILES string of the molecule is Cc1ccccc1C1(C)NCCN(C)C1=O. The molecule has 16 heavy (non-hydrogen) atoms. The van der Waals surface area contributed by atoms with E-state index >= 15 is 0 Å². The smallest absolute Gasteiger partial charge is 0.246 e. The average molecular weight is 218 g/mol. The van der Waals surface area contributed by atoms with E-state index in [1.165, 1.54) is 0 Å². The molecule has 2 rings (SSSR count). The number of hydrogen-bond donors (Lipinski definition) is 1. The second kappa shape index (κ2) is 3.91. The summed E-state index contributed by atoms with van der Waals surface area (Å²) in [6.07, 6.45) is 0. The van der Waals surface area contributed by atoms with Gasteiger partial charge in [-0.3, -0.25) is 10.1 Å². The molecule has 86 valence electrons. The number of likely N-dealkylation sites (N-methyl/N-ethyl adjacent to an activating group) is 1. The predicted molar refractivity (Wildman–Crippen MR) is 64.2 cm³/mol. The first-order valence-electron chi connectivity index (χ1n) is 5.62. The van der Waals surface area contributed by atoms with Crippen molar-refractivity contribution in [3.05, 3.63) is 35.4 Å². The summed E-state index contributed by atoms with van der Waals surface area (Å²) in [6, 6.07) is 8.06. The van der Waals surface area contributed by atoms with Crippen LogP contribution >= 0.6 is 0 Å². The average Bonchev–Trinajstić information content (AvgIpc) is 2.26. The van der Waals surface area contributed by atoms with Gasteiger partial charge in [-0.15, -0.1) is 0 Å². The van der Waals surface area contributed by atoms with Crippen LogP contribution in [0.25, 0.3) is 0 Å². The molecule has 1 saturated heterocycles. The summed E-state index contributed by atoms with van der Waals surface area (Å²) >= 11 is 0. The Bertz CT molecular complexity index is 416. The van der Waals surface area contributed by atoms with Gasteiger partial charge in [-0.25, -0.2) is 0 Å². The molecule has 0 bridgehead atoms. The van der Waals surface area contributed by atoms with Gasteiger partial charge in [0.25, 0.3) is 0 Å². The number of amides is 1. The van der Waals surface area contributed by atoms with Crippen LogP contribution in [0.1, 0.15) is 18.1 Å². The highest BCUT2D eigenvalue weighted by Gasteiger charge is 2.40. The maximum absolute atomic E-state index is 12.3. The number of rotatable bonds is 1. The van der Waals surface area contributed by atoms with Crippen LogP contribution < -0.4 is 5.32 Å². The molecule has 0 aromatic heterocycles. The van der Waals surface area contributed by atoms with E-state index in [2.05, 4.69) is 5.32 Å². The zero-order chi connectivity index (χ0) is 11.8. The molecule has 1 aromatic carbocycles. The van der Waals surface area contributed by atoms with Gasteiger partial charge >= 0.3 is 0 Å². The van der Waals surface area contributed by atoms with E-state index in [0.717, 1.165) is 24.2 Å². The predicted octanol–water partition coefficient (Wildman–Crippen LogP) is 1.27. The molecule has 1 aliphatic heterocycles. The van der Waals surface area contributed by atoms with Crippen molar-refractivity contribution in [2.75, 3.05) is 20.1 Å². The minimum Gasteiger partial charge on any atom is -0.343 e. The lowest BCUT2D eigenvalue weighted by molar-refractivity contribution is -0.139. The molecule has 1 unspecified atom stereocenters. The number of benzene rings is 1. The highest BCUT2D eigenvalue weighted by molar-refractivity contribution is 5.88. The Hall–Kier alpha value is -1.35. The number of nitrogens with zero attached hydrogens (tertiary/aromatic N) is 1. The highest BCUT2D eigenvalue weighted by Crippen LogP contribution is 2.27. The van der Waals surface area contributed by atoms with Crippen molar-refractivity contribution in [1.82, 2.24) is 10.2 Å². The minimum atomic E-state index is -0.571. The van der Waals surface area contributed by atoms with E-state index in [4.69, 9.17) is 0 Å². The zero-order valence-electron chi connectivity index (χ0n) is 10.1. The van der Waals surface area contributed by atoms with Crippen LogP contribution in [0.2, 0.25) is 0 Å². The lowest BCUT2D eigenvalue weighted by Gasteiger charge is -2.39. The molecule has 0 saturated carbocycles. The fourth-order valence-corrected chi connectivity index (χ4v) is 2.38. The van der Waals surface area contributed by atoms with E-state index in [0.29, 0.717) is 0 Å². The van der Waals surface area contributed by atoms with Gasteiger partial charge in [-0.05, 0) is 25.0 Å². The van der Waals surface area contributed by atoms with Gasteiger partial charge in [0.2, 0.25) is 5.91 Å². The highest BCUT2D eigenvalue weighted by atomic mass is 16.2. The zero-order valence-corrected chi connectivity index (χ0v) is 10.1.